The lowest BCUT2D eigenvalue weighted by atomic mass is 10.2. The summed E-state index contributed by atoms with van der Waals surface area (Å²) in [5, 5.41) is 6.02. The van der Waals surface area contributed by atoms with Crippen LogP contribution in [0.15, 0.2) is 23.3 Å². The number of nitrogens with one attached hydrogen (secondary N) is 2. The molecule has 0 saturated carbocycles. The van der Waals surface area contributed by atoms with Crippen molar-refractivity contribution in [2.45, 2.75) is 6.18 Å². The first-order valence-electron chi connectivity index (χ1n) is 6.57. The lowest BCUT2D eigenvalue weighted by molar-refractivity contribution is -0.139. The van der Waals surface area contributed by atoms with Gasteiger partial charge >= 0.3 is 6.18 Å². The van der Waals surface area contributed by atoms with Gasteiger partial charge in [-0.1, -0.05) is 0 Å². The summed E-state index contributed by atoms with van der Waals surface area (Å²) in [6, 6.07) is 2.17. The van der Waals surface area contributed by atoms with E-state index in [1.165, 1.54) is 12.3 Å². The summed E-state index contributed by atoms with van der Waals surface area (Å²) in [6.45, 7) is 1.11. The van der Waals surface area contributed by atoms with Crippen molar-refractivity contribution in [2.24, 2.45) is 4.99 Å². The molecule has 0 bridgehead atoms. The van der Waals surface area contributed by atoms with E-state index < -0.39 is 17.6 Å². The van der Waals surface area contributed by atoms with Crippen molar-refractivity contribution in [2.75, 3.05) is 38.8 Å². The molecule has 0 unspecified atom stereocenters. The largest absolute Gasteiger partial charge is 0.475 e. The summed E-state index contributed by atoms with van der Waals surface area (Å²) in [5.74, 6) is 1.09. The fraction of sp³-hybridized carbons (Fsp3) is 0.538. The molecule has 0 aliphatic carbocycles. The third-order valence-corrected chi connectivity index (χ3v) is 3.14. The highest BCUT2D eigenvalue weighted by Crippen LogP contribution is 2.34. The molecule has 0 radical (unpaired) electrons. The van der Waals surface area contributed by atoms with Gasteiger partial charge in [-0.3, -0.25) is 4.99 Å². The molecule has 0 aromatic carbocycles. The predicted octanol–water partition coefficient (Wildman–Crippen LogP) is 2.01. The highest BCUT2D eigenvalue weighted by Gasteiger charge is 2.34. The molecule has 0 aliphatic heterocycles. The smallest absolute Gasteiger partial charge is 0.421 e. The van der Waals surface area contributed by atoms with Gasteiger partial charge in [0.2, 0.25) is 5.88 Å². The van der Waals surface area contributed by atoms with Gasteiger partial charge in [-0.2, -0.15) is 24.9 Å². The molecule has 1 rings (SSSR count). The molecule has 2 N–H and O–H groups in total. The number of ether oxygens (including phenoxy) is 1. The van der Waals surface area contributed by atoms with Crippen molar-refractivity contribution in [1.29, 1.82) is 0 Å². The van der Waals surface area contributed by atoms with E-state index >= 15 is 0 Å². The standard InChI is InChI=1S/C13H19F3N4OS/c1-17-12(20-7-9-22-2)19-6-8-21-11-10(13(14,15)16)4-3-5-18-11/h3-5H,6-9H2,1-2H3,(H2,17,19,20). The normalized spacial score (nSPS) is 12.1. The Bertz CT molecular complexity index is 483. The molecule has 22 heavy (non-hydrogen) atoms. The summed E-state index contributed by atoms with van der Waals surface area (Å²) in [5.41, 5.74) is -0.877. The van der Waals surface area contributed by atoms with Crippen LogP contribution in [-0.2, 0) is 6.18 Å². The maximum absolute atomic E-state index is 12.7. The van der Waals surface area contributed by atoms with Crippen molar-refractivity contribution in [3.05, 3.63) is 23.9 Å². The van der Waals surface area contributed by atoms with Crippen LogP contribution in [-0.4, -0.2) is 49.7 Å². The van der Waals surface area contributed by atoms with Gasteiger partial charge in [-0.15, -0.1) is 0 Å². The van der Waals surface area contributed by atoms with Crippen LogP contribution in [0, 0.1) is 0 Å². The van der Waals surface area contributed by atoms with Crippen molar-refractivity contribution in [1.82, 2.24) is 15.6 Å². The number of hydrogen-bond acceptors (Lipinski definition) is 4. The lowest BCUT2D eigenvalue weighted by Gasteiger charge is -2.14. The molecule has 0 aliphatic rings. The molecule has 0 fully saturated rings. The fourth-order valence-corrected chi connectivity index (χ4v) is 1.84. The first-order chi connectivity index (χ1) is 10.5. The molecule has 5 nitrogen and oxygen atoms in total. The molecular formula is C13H19F3N4OS. The molecule has 1 aromatic rings. The molecular weight excluding hydrogens is 317 g/mol. The number of pyridine rings is 1. The van der Waals surface area contributed by atoms with Gasteiger partial charge in [0.1, 0.15) is 12.2 Å². The van der Waals surface area contributed by atoms with Crippen LogP contribution < -0.4 is 15.4 Å². The minimum absolute atomic E-state index is 0.0450. The first-order valence-corrected chi connectivity index (χ1v) is 7.97. The monoisotopic (exact) mass is 336 g/mol. The quantitative estimate of drug-likeness (QED) is 0.453. The van der Waals surface area contributed by atoms with Crippen LogP contribution in [0.1, 0.15) is 5.56 Å². The van der Waals surface area contributed by atoms with Crippen LogP contribution in [0.25, 0.3) is 0 Å². The van der Waals surface area contributed by atoms with Crippen molar-refractivity contribution >= 4 is 17.7 Å². The second kappa shape index (κ2) is 9.39. The Morgan fingerprint density at radius 3 is 2.73 bits per heavy atom. The summed E-state index contributed by atoms with van der Waals surface area (Å²) >= 11 is 1.70. The molecule has 0 amide bonds. The van der Waals surface area contributed by atoms with Crippen molar-refractivity contribution in [3.63, 3.8) is 0 Å². The van der Waals surface area contributed by atoms with Gasteiger partial charge in [0, 0.05) is 25.5 Å². The number of alkyl halides is 3. The second-order valence-electron chi connectivity index (χ2n) is 4.12. The summed E-state index contributed by atoms with van der Waals surface area (Å²) in [7, 11) is 1.62. The lowest BCUT2D eigenvalue weighted by Crippen LogP contribution is -2.40. The molecule has 1 heterocycles. The van der Waals surface area contributed by atoms with E-state index in [4.69, 9.17) is 4.74 Å². The number of nitrogens with zero attached hydrogens (tertiary/aromatic N) is 2. The van der Waals surface area contributed by atoms with E-state index in [0.29, 0.717) is 12.5 Å². The number of aliphatic imine (C=N–C) groups is 1. The van der Waals surface area contributed by atoms with Crippen molar-refractivity contribution in [3.8, 4) is 5.88 Å². The van der Waals surface area contributed by atoms with Crippen LogP contribution in [0.4, 0.5) is 13.2 Å². The molecule has 0 atom stereocenters. The summed E-state index contributed by atoms with van der Waals surface area (Å²) < 4.78 is 43.3. The van der Waals surface area contributed by atoms with Crippen LogP contribution in [0.3, 0.4) is 0 Å². The second-order valence-corrected chi connectivity index (χ2v) is 5.11. The molecule has 124 valence electrons. The average molecular weight is 336 g/mol. The highest BCUT2D eigenvalue weighted by atomic mass is 32.2. The van der Waals surface area contributed by atoms with Gasteiger partial charge in [0.05, 0.1) is 6.54 Å². The number of thioether (sulfide) groups is 1. The summed E-state index contributed by atoms with van der Waals surface area (Å²) in [6.07, 6.45) is -1.22. The van der Waals surface area contributed by atoms with E-state index in [9.17, 15) is 13.2 Å². The number of hydrogen-bond donors (Lipinski definition) is 2. The van der Waals surface area contributed by atoms with Crippen LogP contribution in [0.5, 0.6) is 5.88 Å². The van der Waals surface area contributed by atoms with E-state index in [-0.39, 0.29) is 6.61 Å². The number of aromatic nitrogens is 1. The van der Waals surface area contributed by atoms with Crippen molar-refractivity contribution < 1.29 is 17.9 Å². The third kappa shape index (κ3) is 6.42. The minimum Gasteiger partial charge on any atom is -0.475 e. The maximum Gasteiger partial charge on any atom is 0.421 e. The highest BCUT2D eigenvalue weighted by molar-refractivity contribution is 7.98. The predicted molar refractivity (Wildman–Crippen MR) is 82.5 cm³/mol. The van der Waals surface area contributed by atoms with E-state index in [1.807, 2.05) is 6.26 Å². The maximum atomic E-state index is 12.7. The third-order valence-electron chi connectivity index (χ3n) is 2.53. The van der Waals surface area contributed by atoms with Gasteiger partial charge in [-0.05, 0) is 18.4 Å². The topological polar surface area (TPSA) is 58.5 Å². The van der Waals surface area contributed by atoms with Crippen LogP contribution in [0.2, 0.25) is 0 Å². The molecule has 9 heteroatoms. The molecule has 1 aromatic heterocycles. The Balaban J connectivity index is 2.42. The Morgan fingerprint density at radius 1 is 1.36 bits per heavy atom. The van der Waals surface area contributed by atoms with E-state index in [2.05, 4.69) is 20.6 Å². The SMILES string of the molecule is CN=C(NCCOc1ncccc1C(F)(F)F)NCCSC. The van der Waals surface area contributed by atoms with Crippen LogP contribution >= 0.6 is 11.8 Å². The first kappa shape index (κ1) is 18.4. The minimum atomic E-state index is -4.48. The zero-order valence-corrected chi connectivity index (χ0v) is 13.2. The average Bonchev–Trinajstić information content (AvgIpc) is 2.49. The summed E-state index contributed by atoms with van der Waals surface area (Å²) in [4.78, 5) is 7.62. The van der Waals surface area contributed by atoms with Gasteiger partial charge < -0.3 is 15.4 Å². The van der Waals surface area contributed by atoms with Gasteiger partial charge in [0.25, 0.3) is 0 Å². The zero-order chi connectivity index (χ0) is 16.4. The number of rotatable bonds is 7. The Kier molecular flexibility index (Phi) is 7.86. The Labute approximate surface area is 131 Å². The zero-order valence-electron chi connectivity index (χ0n) is 12.4. The Hall–Kier alpha value is -1.64. The molecule has 0 saturated heterocycles. The fourth-order valence-electron chi connectivity index (χ4n) is 1.53. The van der Waals surface area contributed by atoms with E-state index in [0.717, 1.165) is 18.4 Å². The van der Waals surface area contributed by atoms with Gasteiger partial charge in [-0.25, -0.2) is 4.98 Å². The molecule has 0 spiro atoms. The Morgan fingerprint density at radius 2 is 2.09 bits per heavy atom. The number of halogens is 3. The number of guanidine groups is 1. The van der Waals surface area contributed by atoms with Gasteiger partial charge in [0.15, 0.2) is 5.96 Å². The van der Waals surface area contributed by atoms with E-state index in [1.54, 1.807) is 18.8 Å².